The van der Waals surface area contributed by atoms with Gasteiger partial charge in [-0.25, -0.2) is 0 Å². The van der Waals surface area contributed by atoms with Crippen LogP contribution in [0.2, 0.25) is 0 Å². The van der Waals surface area contributed by atoms with E-state index in [1.807, 2.05) is 0 Å². The van der Waals surface area contributed by atoms with Crippen LogP contribution in [0.4, 0.5) is 0 Å². The van der Waals surface area contributed by atoms with E-state index in [1.54, 1.807) is 0 Å². The summed E-state index contributed by atoms with van der Waals surface area (Å²) in [4.78, 5) is 2.66. The standard InChI is InChI=1S/C15H28N2/c1-17(11-14-5-3-9-16-14)15-6-2-4-13(10-15)12-7-8-12/h12-16H,2-11H2,1H3. The lowest BCUT2D eigenvalue weighted by Gasteiger charge is -2.36. The fourth-order valence-corrected chi connectivity index (χ4v) is 4.01. The molecule has 17 heavy (non-hydrogen) atoms. The number of nitrogens with zero attached hydrogens (tertiary/aromatic N) is 1. The molecule has 0 radical (unpaired) electrons. The van der Waals surface area contributed by atoms with Crippen LogP contribution < -0.4 is 5.32 Å². The third-order valence-electron chi connectivity index (χ3n) is 5.27. The van der Waals surface area contributed by atoms with Crippen molar-refractivity contribution in [2.75, 3.05) is 20.1 Å². The van der Waals surface area contributed by atoms with Crippen LogP contribution in [0.3, 0.4) is 0 Å². The molecule has 3 rings (SSSR count). The van der Waals surface area contributed by atoms with Gasteiger partial charge in [0.1, 0.15) is 0 Å². The van der Waals surface area contributed by atoms with Crippen LogP contribution in [0.15, 0.2) is 0 Å². The van der Waals surface area contributed by atoms with Gasteiger partial charge in [-0.05, 0) is 64.0 Å². The highest BCUT2D eigenvalue weighted by molar-refractivity contribution is 4.89. The lowest BCUT2D eigenvalue weighted by Crippen LogP contribution is -2.43. The first-order valence-electron chi connectivity index (χ1n) is 7.76. The first-order chi connectivity index (χ1) is 8.33. The molecule has 1 heterocycles. The van der Waals surface area contributed by atoms with E-state index in [2.05, 4.69) is 17.3 Å². The highest BCUT2D eigenvalue weighted by atomic mass is 15.2. The lowest BCUT2D eigenvalue weighted by atomic mass is 9.82. The Morgan fingerprint density at radius 2 is 1.88 bits per heavy atom. The zero-order chi connectivity index (χ0) is 11.7. The Morgan fingerprint density at radius 1 is 1.00 bits per heavy atom. The predicted molar refractivity (Wildman–Crippen MR) is 72.1 cm³/mol. The molecular formula is C15H28N2. The van der Waals surface area contributed by atoms with Crippen molar-refractivity contribution < 1.29 is 0 Å². The van der Waals surface area contributed by atoms with Crippen molar-refractivity contribution in [2.24, 2.45) is 11.8 Å². The van der Waals surface area contributed by atoms with Gasteiger partial charge in [0.15, 0.2) is 0 Å². The molecule has 0 aromatic heterocycles. The van der Waals surface area contributed by atoms with E-state index >= 15 is 0 Å². The normalized spacial score (nSPS) is 38.8. The summed E-state index contributed by atoms with van der Waals surface area (Å²) in [7, 11) is 2.36. The van der Waals surface area contributed by atoms with Crippen molar-refractivity contribution in [2.45, 2.75) is 63.5 Å². The minimum Gasteiger partial charge on any atom is -0.313 e. The predicted octanol–water partition coefficient (Wildman–Crippen LogP) is 2.64. The Bertz CT molecular complexity index is 243. The third kappa shape index (κ3) is 3.03. The molecule has 98 valence electrons. The maximum absolute atomic E-state index is 3.63. The lowest BCUT2D eigenvalue weighted by molar-refractivity contribution is 0.140. The molecule has 3 unspecified atom stereocenters. The van der Waals surface area contributed by atoms with Gasteiger partial charge in [-0.3, -0.25) is 0 Å². The van der Waals surface area contributed by atoms with Crippen molar-refractivity contribution in [3.05, 3.63) is 0 Å². The summed E-state index contributed by atoms with van der Waals surface area (Å²) in [6.07, 6.45) is 11.8. The minimum atomic E-state index is 0.779. The SMILES string of the molecule is CN(CC1CCCN1)C1CCCC(C2CC2)C1. The molecule has 0 bridgehead atoms. The van der Waals surface area contributed by atoms with Crippen LogP contribution in [0, 0.1) is 11.8 Å². The molecule has 3 atom stereocenters. The van der Waals surface area contributed by atoms with Gasteiger partial charge in [-0.2, -0.15) is 0 Å². The summed E-state index contributed by atoms with van der Waals surface area (Å²) in [6, 6.07) is 1.66. The number of likely N-dealkylation sites (N-methyl/N-ethyl adjacent to an activating group) is 1. The van der Waals surface area contributed by atoms with E-state index in [0.717, 1.165) is 23.9 Å². The van der Waals surface area contributed by atoms with Crippen LogP contribution in [-0.4, -0.2) is 37.1 Å². The van der Waals surface area contributed by atoms with Crippen LogP contribution in [-0.2, 0) is 0 Å². The molecule has 1 saturated heterocycles. The topological polar surface area (TPSA) is 15.3 Å². The monoisotopic (exact) mass is 236 g/mol. The molecule has 2 saturated carbocycles. The minimum absolute atomic E-state index is 0.779. The molecule has 0 aromatic carbocycles. The fourth-order valence-electron chi connectivity index (χ4n) is 4.01. The van der Waals surface area contributed by atoms with E-state index < -0.39 is 0 Å². The molecule has 0 spiro atoms. The van der Waals surface area contributed by atoms with Crippen LogP contribution in [0.5, 0.6) is 0 Å². The van der Waals surface area contributed by atoms with E-state index in [9.17, 15) is 0 Å². The number of hydrogen-bond acceptors (Lipinski definition) is 2. The van der Waals surface area contributed by atoms with Crippen LogP contribution in [0.1, 0.15) is 51.4 Å². The second-order valence-corrected chi connectivity index (χ2v) is 6.65. The average Bonchev–Trinajstić information content (AvgIpc) is 3.09. The smallest absolute Gasteiger partial charge is 0.0195 e. The summed E-state index contributed by atoms with van der Waals surface area (Å²) in [6.45, 7) is 2.52. The van der Waals surface area contributed by atoms with E-state index in [0.29, 0.717) is 0 Å². The van der Waals surface area contributed by atoms with Crippen molar-refractivity contribution in [1.82, 2.24) is 10.2 Å². The molecular weight excluding hydrogens is 208 g/mol. The van der Waals surface area contributed by atoms with Crippen molar-refractivity contribution >= 4 is 0 Å². The van der Waals surface area contributed by atoms with Gasteiger partial charge in [-0.1, -0.05) is 12.8 Å². The maximum atomic E-state index is 3.63. The summed E-state index contributed by atoms with van der Waals surface area (Å²) in [5, 5.41) is 3.63. The largest absolute Gasteiger partial charge is 0.313 e. The van der Waals surface area contributed by atoms with Gasteiger partial charge in [0.2, 0.25) is 0 Å². The Morgan fingerprint density at radius 3 is 2.59 bits per heavy atom. The molecule has 3 fully saturated rings. The number of hydrogen-bond donors (Lipinski definition) is 1. The fraction of sp³-hybridized carbons (Fsp3) is 1.00. The van der Waals surface area contributed by atoms with E-state index in [1.165, 1.54) is 64.5 Å². The quantitative estimate of drug-likeness (QED) is 0.807. The second-order valence-electron chi connectivity index (χ2n) is 6.65. The Balaban J connectivity index is 1.48. The van der Waals surface area contributed by atoms with E-state index in [-0.39, 0.29) is 0 Å². The van der Waals surface area contributed by atoms with E-state index in [4.69, 9.17) is 0 Å². The van der Waals surface area contributed by atoms with Gasteiger partial charge in [0, 0.05) is 18.6 Å². The Hall–Kier alpha value is -0.0800. The first-order valence-corrected chi connectivity index (χ1v) is 7.76. The highest BCUT2D eigenvalue weighted by Crippen LogP contribution is 2.44. The van der Waals surface area contributed by atoms with Gasteiger partial charge < -0.3 is 10.2 Å². The molecule has 2 heteroatoms. The van der Waals surface area contributed by atoms with Crippen LogP contribution in [0.25, 0.3) is 0 Å². The molecule has 1 aliphatic heterocycles. The van der Waals surface area contributed by atoms with Gasteiger partial charge in [0.25, 0.3) is 0 Å². The number of rotatable bonds is 4. The van der Waals surface area contributed by atoms with Gasteiger partial charge in [0.05, 0.1) is 0 Å². The van der Waals surface area contributed by atoms with Crippen LogP contribution >= 0.6 is 0 Å². The average molecular weight is 236 g/mol. The summed E-state index contributed by atoms with van der Waals surface area (Å²) in [5.41, 5.74) is 0. The second kappa shape index (κ2) is 5.27. The molecule has 0 aromatic rings. The Kier molecular flexibility index (Phi) is 3.72. The zero-order valence-electron chi connectivity index (χ0n) is 11.3. The van der Waals surface area contributed by atoms with Gasteiger partial charge >= 0.3 is 0 Å². The first kappa shape index (κ1) is 12.0. The molecule has 2 aliphatic carbocycles. The highest BCUT2D eigenvalue weighted by Gasteiger charge is 2.35. The maximum Gasteiger partial charge on any atom is 0.0195 e. The summed E-state index contributed by atoms with van der Waals surface area (Å²) in [5.74, 6) is 2.20. The third-order valence-corrected chi connectivity index (χ3v) is 5.27. The van der Waals surface area contributed by atoms with Gasteiger partial charge in [-0.15, -0.1) is 0 Å². The van der Waals surface area contributed by atoms with Crippen molar-refractivity contribution in [1.29, 1.82) is 0 Å². The molecule has 0 amide bonds. The number of nitrogens with one attached hydrogen (secondary N) is 1. The molecule has 1 N–H and O–H groups in total. The summed E-state index contributed by atoms with van der Waals surface area (Å²) < 4.78 is 0. The Labute approximate surface area is 106 Å². The zero-order valence-corrected chi connectivity index (χ0v) is 11.3. The molecule has 3 aliphatic rings. The van der Waals surface area contributed by atoms with Crippen molar-refractivity contribution in [3.63, 3.8) is 0 Å². The summed E-state index contributed by atoms with van der Waals surface area (Å²) >= 11 is 0. The van der Waals surface area contributed by atoms with Crippen molar-refractivity contribution in [3.8, 4) is 0 Å². The molecule has 2 nitrogen and oxygen atoms in total.